The molecular formula is C98H85N5. The maximum absolute atomic E-state index is 3.38. The van der Waals surface area contributed by atoms with Gasteiger partial charge in [0.15, 0.2) is 0 Å². The van der Waals surface area contributed by atoms with Crippen molar-refractivity contribution in [3.05, 3.63) is 412 Å². The van der Waals surface area contributed by atoms with Crippen LogP contribution in [0.4, 0.5) is 51.2 Å². The van der Waals surface area contributed by atoms with E-state index in [2.05, 4.69) is 466 Å². The standard InChI is InChI=1S/C36H28N2.C32H35N.C18H13N.C12H9N/c1-5-13-31(14-6-1)37(32-15-7-2-8-16-32)35-25-21-29(22-26-35)30-23-27-36(28-24-30)38(33-17-9-3-10-18-33)34-19-11-4-12-20-34;1-31(2,3)26-14-20-29(21-15-26)33(30-22-16-27(17-23-30)32(4,5)6)28-18-12-25(13-19-28)24-10-8-7-9-11-24;1-2-8-14(9-3-1)19-17-12-6-4-10-15(17)16-11-5-7-13-18(16)19;1-3-7-11-9(5-1)10-6-2-4-8-12(10)13-11/h1-28H;7-23H,1-6H3;1-13H;1-8,13H. The number of aromatic nitrogens is 2. The average Bonchev–Trinajstić information content (AvgIpc) is 1.62. The van der Waals surface area contributed by atoms with Crippen LogP contribution in [0.1, 0.15) is 52.7 Å². The van der Waals surface area contributed by atoms with Gasteiger partial charge in [0.05, 0.1) is 11.0 Å². The van der Waals surface area contributed by atoms with Crippen LogP contribution in [0.3, 0.4) is 0 Å². The van der Waals surface area contributed by atoms with E-state index in [0.717, 1.165) is 39.8 Å². The quantitative estimate of drug-likeness (QED) is 0.132. The number of anilines is 9. The minimum Gasteiger partial charge on any atom is -0.355 e. The van der Waals surface area contributed by atoms with E-state index >= 15 is 0 Å². The summed E-state index contributed by atoms with van der Waals surface area (Å²) in [6.45, 7) is 13.5. The number of nitrogens with one attached hydrogen (secondary N) is 1. The highest BCUT2D eigenvalue weighted by Crippen LogP contribution is 2.41. The zero-order chi connectivity index (χ0) is 70.5. The van der Waals surface area contributed by atoms with Crippen LogP contribution in [0.25, 0.3) is 71.6 Å². The molecule has 0 aliphatic carbocycles. The molecule has 0 atom stereocenters. The SMILES string of the molecule is CC(C)(C)c1ccc(N(c2ccc(-c3ccccc3)cc2)c2ccc(C(C)(C)C)cc2)cc1.c1ccc(-n2c3ccccc3c3ccccc32)cc1.c1ccc(N(c2ccccc2)c2ccc(-c3ccc(N(c4ccccc4)c4ccccc4)cc3)cc2)cc1.c1ccc2c(c1)[nH]c1ccccc12. The molecule has 15 aromatic carbocycles. The summed E-state index contributed by atoms with van der Waals surface area (Å²) in [6, 6.07) is 141. The highest BCUT2D eigenvalue weighted by Gasteiger charge is 2.20. The van der Waals surface area contributed by atoms with Crippen LogP contribution in [0.2, 0.25) is 0 Å². The third-order valence-corrected chi connectivity index (χ3v) is 18.9. The van der Waals surface area contributed by atoms with E-state index in [9.17, 15) is 0 Å². The molecule has 0 saturated heterocycles. The first-order valence-electron chi connectivity index (χ1n) is 35.6. The Morgan fingerprint density at radius 1 is 0.204 bits per heavy atom. The molecule has 0 amide bonds. The van der Waals surface area contributed by atoms with Gasteiger partial charge in [0.1, 0.15) is 0 Å². The van der Waals surface area contributed by atoms with Crippen molar-refractivity contribution in [2.45, 2.75) is 52.4 Å². The van der Waals surface area contributed by atoms with E-state index in [4.69, 9.17) is 0 Å². The number of hydrogen-bond acceptors (Lipinski definition) is 3. The molecule has 1 N–H and O–H groups in total. The maximum atomic E-state index is 3.38. The molecule has 17 rings (SSSR count). The van der Waals surface area contributed by atoms with Crippen molar-refractivity contribution in [1.29, 1.82) is 0 Å². The van der Waals surface area contributed by atoms with Crippen molar-refractivity contribution in [2.24, 2.45) is 0 Å². The number of nitrogens with zero attached hydrogens (tertiary/aromatic N) is 4. The van der Waals surface area contributed by atoms with Gasteiger partial charge in [-0.1, -0.05) is 296 Å². The molecule has 103 heavy (non-hydrogen) atoms. The fourth-order valence-corrected chi connectivity index (χ4v) is 13.5. The Kier molecular flexibility index (Phi) is 20.2. The lowest BCUT2D eigenvalue weighted by Gasteiger charge is -2.28. The van der Waals surface area contributed by atoms with E-state index in [1.807, 2.05) is 0 Å². The number of para-hydroxylation sites is 9. The zero-order valence-corrected chi connectivity index (χ0v) is 59.4. The van der Waals surface area contributed by atoms with Gasteiger partial charge in [-0.25, -0.2) is 0 Å². The smallest absolute Gasteiger partial charge is 0.0541 e. The fraction of sp³-hybridized carbons (Fsp3) is 0.0816. The third kappa shape index (κ3) is 15.5. The van der Waals surface area contributed by atoms with Crippen molar-refractivity contribution < 1.29 is 0 Å². The Morgan fingerprint density at radius 3 is 0.728 bits per heavy atom. The summed E-state index contributed by atoms with van der Waals surface area (Å²) in [6.07, 6.45) is 0. The third-order valence-electron chi connectivity index (χ3n) is 18.9. The molecule has 2 aromatic heterocycles. The van der Waals surface area contributed by atoms with Crippen LogP contribution in [0.5, 0.6) is 0 Å². The second kappa shape index (κ2) is 30.8. The summed E-state index contributed by atoms with van der Waals surface area (Å²) in [7, 11) is 0. The van der Waals surface area contributed by atoms with Crippen molar-refractivity contribution in [3.8, 4) is 27.9 Å². The van der Waals surface area contributed by atoms with Gasteiger partial charge in [-0.15, -0.1) is 0 Å². The number of rotatable bonds is 12. The molecule has 5 heteroatoms. The van der Waals surface area contributed by atoms with E-state index in [1.54, 1.807) is 0 Å². The van der Waals surface area contributed by atoms with Gasteiger partial charge in [-0.3, -0.25) is 0 Å². The summed E-state index contributed by atoms with van der Waals surface area (Å²) in [5.41, 5.74) is 24.2. The molecule has 0 radical (unpaired) electrons. The van der Waals surface area contributed by atoms with Gasteiger partial charge in [0.2, 0.25) is 0 Å². The predicted octanol–water partition coefficient (Wildman–Crippen LogP) is 27.8. The first-order chi connectivity index (χ1) is 50.4. The van der Waals surface area contributed by atoms with Crippen LogP contribution in [-0.2, 0) is 10.8 Å². The largest absolute Gasteiger partial charge is 0.355 e. The van der Waals surface area contributed by atoms with Gasteiger partial charge in [0, 0.05) is 89.5 Å². The highest BCUT2D eigenvalue weighted by atomic mass is 15.2. The average molecular weight is 1330 g/mol. The van der Waals surface area contributed by atoms with E-state index in [1.165, 1.54) is 94.1 Å². The molecule has 0 spiro atoms. The number of H-pyrrole nitrogens is 1. The van der Waals surface area contributed by atoms with Crippen LogP contribution < -0.4 is 14.7 Å². The number of fused-ring (bicyclic) bond motifs is 6. The number of aromatic amines is 1. The van der Waals surface area contributed by atoms with E-state index < -0.39 is 0 Å². The zero-order valence-electron chi connectivity index (χ0n) is 59.4. The van der Waals surface area contributed by atoms with E-state index in [0.29, 0.717) is 0 Å². The van der Waals surface area contributed by atoms with Crippen molar-refractivity contribution in [3.63, 3.8) is 0 Å². The second-order valence-electron chi connectivity index (χ2n) is 27.9. The minimum absolute atomic E-state index is 0.134. The Bertz CT molecular complexity index is 5150. The van der Waals surface area contributed by atoms with Gasteiger partial charge in [0.25, 0.3) is 0 Å². The fourth-order valence-electron chi connectivity index (χ4n) is 13.5. The van der Waals surface area contributed by atoms with Gasteiger partial charge >= 0.3 is 0 Å². The van der Waals surface area contributed by atoms with Crippen LogP contribution in [-0.4, -0.2) is 9.55 Å². The molecule has 0 aliphatic rings. The Morgan fingerprint density at radius 2 is 0.427 bits per heavy atom. The molecule has 0 bridgehead atoms. The summed E-state index contributed by atoms with van der Waals surface area (Å²) in [5.74, 6) is 0. The summed E-state index contributed by atoms with van der Waals surface area (Å²) < 4.78 is 2.32. The molecule has 5 nitrogen and oxygen atoms in total. The van der Waals surface area contributed by atoms with E-state index in [-0.39, 0.29) is 10.8 Å². The monoisotopic (exact) mass is 1330 g/mol. The summed E-state index contributed by atoms with van der Waals surface area (Å²) >= 11 is 0. The molecule has 0 saturated carbocycles. The lowest BCUT2D eigenvalue weighted by molar-refractivity contribution is 0.590. The molecule has 0 unspecified atom stereocenters. The molecular weight excluding hydrogens is 1250 g/mol. The van der Waals surface area contributed by atoms with Crippen LogP contribution >= 0.6 is 0 Å². The molecule has 502 valence electrons. The minimum atomic E-state index is 0.134. The van der Waals surface area contributed by atoms with Crippen molar-refractivity contribution in [1.82, 2.24) is 9.55 Å². The molecule has 0 aliphatic heterocycles. The highest BCUT2D eigenvalue weighted by molar-refractivity contribution is 6.09. The number of hydrogen-bond donors (Lipinski definition) is 1. The Labute approximate surface area is 607 Å². The topological polar surface area (TPSA) is 30.4 Å². The molecule has 2 heterocycles. The summed E-state index contributed by atoms with van der Waals surface area (Å²) in [5, 5.41) is 5.22. The van der Waals surface area contributed by atoms with Gasteiger partial charge < -0.3 is 24.3 Å². The molecule has 17 aromatic rings. The van der Waals surface area contributed by atoms with Gasteiger partial charge in [-0.05, 0) is 190 Å². The lowest BCUT2D eigenvalue weighted by atomic mass is 9.86. The predicted molar refractivity (Wildman–Crippen MR) is 442 cm³/mol. The van der Waals surface area contributed by atoms with Crippen LogP contribution in [0.15, 0.2) is 400 Å². The Hall–Kier alpha value is -12.7. The molecule has 0 fully saturated rings. The first kappa shape index (κ1) is 67.5. The normalized spacial score (nSPS) is 11.2. The first-order valence-corrected chi connectivity index (χ1v) is 35.6. The van der Waals surface area contributed by atoms with Gasteiger partial charge in [-0.2, -0.15) is 0 Å². The Balaban J connectivity index is 0.000000124. The van der Waals surface area contributed by atoms with Crippen LogP contribution in [0, 0.1) is 0 Å². The summed E-state index contributed by atoms with van der Waals surface area (Å²) in [4.78, 5) is 10.3. The van der Waals surface area contributed by atoms with Crippen molar-refractivity contribution in [2.75, 3.05) is 14.7 Å². The second-order valence-corrected chi connectivity index (χ2v) is 27.9. The number of benzene rings is 15. The van der Waals surface area contributed by atoms with Crippen molar-refractivity contribution >= 4 is 94.8 Å². The maximum Gasteiger partial charge on any atom is 0.0541 e. The lowest BCUT2D eigenvalue weighted by Crippen LogP contribution is -2.14.